The first-order chi connectivity index (χ1) is 14.6. The van der Waals surface area contributed by atoms with E-state index in [0.717, 1.165) is 13.1 Å². The summed E-state index contributed by atoms with van der Waals surface area (Å²) < 4.78 is 7.59. The predicted molar refractivity (Wildman–Crippen MR) is 116 cm³/mol. The van der Waals surface area contributed by atoms with Crippen molar-refractivity contribution in [3.05, 3.63) is 69.5 Å². The number of carbonyl (C=O) groups is 1. The van der Waals surface area contributed by atoms with E-state index in [2.05, 4.69) is 10.3 Å². The second-order valence-electron chi connectivity index (χ2n) is 7.09. The van der Waals surface area contributed by atoms with Crippen molar-refractivity contribution < 1.29 is 9.53 Å². The molecule has 1 unspecified atom stereocenters. The maximum Gasteiger partial charge on any atom is 0.300 e. The second-order valence-corrected chi connectivity index (χ2v) is 7.53. The Balaban J connectivity index is 1.77. The van der Waals surface area contributed by atoms with Crippen LogP contribution in [0.25, 0.3) is 10.9 Å². The van der Waals surface area contributed by atoms with Crippen LogP contribution in [-0.2, 0) is 11.3 Å². The number of nitrogens with one attached hydrogen (secondary N) is 1. The Morgan fingerprint density at radius 3 is 2.63 bits per heavy atom. The summed E-state index contributed by atoms with van der Waals surface area (Å²) in [5, 5.41) is 4.13. The van der Waals surface area contributed by atoms with Crippen LogP contribution in [0.1, 0.15) is 18.6 Å². The fourth-order valence-electron chi connectivity index (χ4n) is 3.59. The van der Waals surface area contributed by atoms with E-state index in [0.29, 0.717) is 41.1 Å². The molecule has 1 aliphatic rings. The molecule has 30 heavy (non-hydrogen) atoms. The standard InChI is InChI=1S/C22H23ClN4O3/c1-2-27-20(28)17-14-16(23)8-9-18(17)25-22(27)30-19(15-6-4-3-5-7-15)21(29)26-12-10-24-11-13-26/h3-9,14,19,24H,2,10-13H2,1H3. The van der Waals surface area contributed by atoms with Crippen LogP contribution in [0.15, 0.2) is 53.3 Å². The summed E-state index contributed by atoms with van der Waals surface area (Å²) in [6.07, 6.45) is -0.890. The molecule has 2 heterocycles. The predicted octanol–water partition coefficient (Wildman–Crippen LogP) is 2.62. The molecule has 0 saturated carbocycles. The normalized spacial score (nSPS) is 15.2. The number of fused-ring (bicyclic) bond motifs is 1. The first-order valence-electron chi connectivity index (χ1n) is 9.99. The Morgan fingerprint density at radius 1 is 1.20 bits per heavy atom. The topological polar surface area (TPSA) is 76.5 Å². The monoisotopic (exact) mass is 426 g/mol. The molecule has 1 aromatic heterocycles. The maximum atomic E-state index is 13.3. The summed E-state index contributed by atoms with van der Waals surface area (Å²) in [7, 11) is 0. The van der Waals surface area contributed by atoms with Gasteiger partial charge in [-0.05, 0) is 25.1 Å². The molecule has 4 rings (SSSR count). The zero-order valence-corrected chi connectivity index (χ0v) is 17.4. The van der Waals surface area contributed by atoms with Gasteiger partial charge in [0, 0.05) is 43.3 Å². The molecule has 3 aromatic rings. The molecule has 0 radical (unpaired) electrons. The van der Waals surface area contributed by atoms with E-state index in [9.17, 15) is 9.59 Å². The van der Waals surface area contributed by atoms with Crippen LogP contribution in [0.5, 0.6) is 6.01 Å². The van der Waals surface area contributed by atoms with Gasteiger partial charge >= 0.3 is 6.01 Å². The fraction of sp³-hybridized carbons (Fsp3) is 0.318. The lowest BCUT2D eigenvalue weighted by atomic mass is 10.1. The number of piperazine rings is 1. The van der Waals surface area contributed by atoms with Gasteiger partial charge in [-0.1, -0.05) is 41.9 Å². The molecule has 156 valence electrons. The maximum absolute atomic E-state index is 13.3. The van der Waals surface area contributed by atoms with Gasteiger partial charge in [-0.25, -0.2) is 0 Å². The highest BCUT2D eigenvalue weighted by atomic mass is 35.5. The van der Waals surface area contributed by atoms with Gasteiger partial charge in [-0.2, -0.15) is 4.98 Å². The molecule has 0 spiro atoms. The number of rotatable bonds is 5. The highest BCUT2D eigenvalue weighted by molar-refractivity contribution is 6.31. The molecule has 1 N–H and O–H groups in total. The quantitative estimate of drug-likeness (QED) is 0.678. The minimum atomic E-state index is -0.890. The van der Waals surface area contributed by atoms with Crippen molar-refractivity contribution in [2.75, 3.05) is 26.2 Å². The SMILES string of the molecule is CCn1c(OC(C(=O)N2CCNCC2)c2ccccc2)nc2ccc(Cl)cc2c1=O. The first kappa shape index (κ1) is 20.4. The number of halogens is 1. The second kappa shape index (κ2) is 8.85. The number of benzene rings is 2. The highest BCUT2D eigenvalue weighted by Crippen LogP contribution is 2.25. The van der Waals surface area contributed by atoms with Crippen LogP contribution < -0.4 is 15.6 Å². The number of hydrogen-bond donors (Lipinski definition) is 1. The van der Waals surface area contributed by atoms with Crippen LogP contribution in [0, 0.1) is 0 Å². The number of amides is 1. The van der Waals surface area contributed by atoms with E-state index in [1.54, 1.807) is 23.1 Å². The summed E-state index contributed by atoms with van der Waals surface area (Å²) in [6, 6.07) is 14.4. The minimum absolute atomic E-state index is 0.120. The number of nitrogens with zero attached hydrogens (tertiary/aromatic N) is 3. The van der Waals surface area contributed by atoms with Gasteiger partial charge in [-0.15, -0.1) is 0 Å². The summed E-state index contributed by atoms with van der Waals surface area (Å²) in [5.74, 6) is -0.143. The molecular formula is C22H23ClN4O3. The third-order valence-electron chi connectivity index (χ3n) is 5.18. The lowest BCUT2D eigenvalue weighted by Crippen LogP contribution is -2.49. The van der Waals surface area contributed by atoms with Crippen molar-refractivity contribution in [1.82, 2.24) is 19.8 Å². The Bertz CT molecular complexity index is 1110. The van der Waals surface area contributed by atoms with Crippen molar-refractivity contribution in [3.8, 4) is 6.01 Å². The van der Waals surface area contributed by atoms with Crippen LogP contribution >= 0.6 is 11.6 Å². The van der Waals surface area contributed by atoms with E-state index in [1.165, 1.54) is 4.57 Å². The molecule has 1 saturated heterocycles. The van der Waals surface area contributed by atoms with Crippen LogP contribution in [0.3, 0.4) is 0 Å². The number of aromatic nitrogens is 2. The van der Waals surface area contributed by atoms with Gasteiger partial charge in [0.05, 0.1) is 10.9 Å². The number of ether oxygens (including phenoxy) is 1. The van der Waals surface area contributed by atoms with Crippen molar-refractivity contribution in [2.45, 2.75) is 19.6 Å². The third-order valence-corrected chi connectivity index (χ3v) is 5.41. The van der Waals surface area contributed by atoms with Crippen molar-refractivity contribution in [2.24, 2.45) is 0 Å². The van der Waals surface area contributed by atoms with E-state index >= 15 is 0 Å². The van der Waals surface area contributed by atoms with E-state index in [-0.39, 0.29) is 17.5 Å². The van der Waals surface area contributed by atoms with Crippen molar-refractivity contribution in [1.29, 1.82) is 0 Å². The molecule has 1 fully saturated rings. The zero-order chi connectivity index (χ0) is 21.1. The molecule has 1 amide bonds. The van der Waals surface area contributed by atoms with Crippen LogP contribution in [-0.4, -0.2) is 46.5 Å². The van der Waals surface area contributed by atoms with Gasteiger partial charge in [0.1, 0.15) is 0 Å². The highest BCUT2D eigenvalue weighted by Gasteiger charge is 2.30. The Labute approximate surface area is 179 Å². The molecule has 2 aromatic carbocycles. The molecule has 8 heteroatoms. The molecule has 0 bridgehead atoms. The largest absolute Gasteiger partial charge is 0.446 e. The van der Waals surface area contributed by atoms with Gasteiger partial charge in [0.15, 0.2) is 0 Å². The number of hydrogen-bond acceptors (Lipinski definition) is 5. The fourth-order valence-corrected chi connectivity index (χ4v) is 3.76. The zero-order valence-electron chi connectivity index (χ0n) is 16.7. The van der Waals surface area contributed by atoms with Crippen molar-refractivity contribution in [3.63, 3.8) is 0 Å². The van der Waals surface area contributed by atoms with Gasteiger partial charge < -0.3 is 15.0 Å². The van der Waals surface area contributed by atoms with Gasteiger partial charge in [0.2, 0.25) is 6.10 Å². The Hall–Kier alpha value is -2.90. The van der Waals surface area contributed by atoms with E-state index < -0.39 is 6.10 Å². The molecular weight excluding hydrogens is 404 g/mol. The van der Waals surface area contributed by atoms with Gasteiger partial charge in [0.25, 0.3) is 11.5 Å². The molecule has 7 nitrogen and oxygen atoms in total. The lowest BCUT2D eigenvalue weighted by Gasteiger charge is -2.31. The van der Waals surface area contributed by atoms with Gasteiger partial charge in [-0.3, -0.25) is 14.2 Å². The minimum Gasteiger partial charge on any atom is -0.446 e. The summed E-state index contributed by atoms with van der Waals surface area (Å²) in [6.45, 7) is 4.88. The average Bonchev–Trinajstić information content (AvgIpc) is 2.79. The Kier molecular flexibility index (Phi) is 6.01. The molecule has 1 aliphatic heterocycles. The van der Waals surface area contributed by atoms with Crippen molar-refractivity contribution >= 4 is 28.4 Å². The summed E-state index contributed by atoms with van der Waals surface area (Å²) >= 11 is 6.06. The van der Waals surface area contributed by atoms with E-state index in [1.807, 2.05) is 37.3 Å². The molecule has 1 atom stereocenters. The third kappa shape index (κ3) is 4.04. The van der Waals surface area contributed by atoms with Crippen LogP contribution in [0.4, 0.5) is 0 Å². The smallest absolute Gasteiger partial charge is 0.300 e. The first-order valence-corrected chi connectivity index (χ1v) is 10.4. The molecule has 0 aliphatic carbocycles. The Morgan fingerprint density at radius 2 is 1.93 bits per heavy atom. The average molecular weight is 427 g/mol. The van der Waals surface area contributed by atoms with E-state index in [4.69, 9.17) is 16.3 Å². The summed E-state index contributed by atoms with van der Waals surface area (Å²) in [4.78, 5) is 32.7. The van der Waals surface area contributed by atoms with Crippen LogP contribution in [0.2, 0.25) is 5.02 Å². The number of carbonyl (C=O) groups excluding carboxylic acids is 1. The summed E-state index contributed by atoms with van der Waals surface area (Å²) in [5.41, 5.74) is 0.945. The lowest BCUT2D eigenvalue weighted by molar-refractivity contribution is -0.140.